The average molecular weight is 238 g/mol. The van der Waals surface area contributed by atoms with Crippen molar-refractivity contribution < 1.29 is 0 Å². The lowest BCUT2D eigenvalue weighted by atomic mass is 9.98. The number of nitrogens with zero attached hydrogens (tertiary/aromatic N) is 3. The van der Waals surface area contributed by atoms with Crippen LogP contribution in [0, 0.1) is 11.3 Å². The molecule has 0 radical (unpaired) electrons. The fourth-order valence-corrected chi connectivity index (χ4v) is 2.37. The molecular formula is C13H26N4. The molecule has 1 heterocycles. The Morgan fingerprint density at radius 3 is 2.59 bits per heavy atom. The molecule has 4 nitrogen and oxygen atoms in total. The summed E-state index contributed by atoms with van der Waals surface area (Å²) in [7, 11) is 4.37. The third-order valence-corrected chi connectivity index (χ3v) is 3.77. The molecule has 1 saturated heterocycles. The van der Waals surface area contributed by atoms with Crippen LogP contribution in [0.1, 0.15) is 32.6 Å². The normalized spacial score (nSPS) is 22.4. The Hall–Kier alpha value is -0.630. The first-order valence-electron chi connectivity index (χ1n) is 6.53. The Kier molecular flexibility index (Phi) is 5.38. The van der Waals surface area contributed by atoms with Gasteiger partial charge in [0.15, 0.2) is 0 Å². The number of rotatable bonds is 5. The SMILES string of the molecule is CN1CCC(N(C)CCCC(C)(N)C#N)CC1. The van der Waals surface area contributed by atoms with E-state index in [1.165, 1.54) is 25.9 Å². The van der Waals surface area contributed by atoms with Crippen LogP contribution in [0.3, 0.4) is 0 Å². The number of hydrogen-bond donors (Lipinski definition) is 1. The van der Waals surface area contributed by atoms with E-state index >= 15 is 0 Å². The second-order valence-corrected chi connectivity index (χ2v) is 5.65. The predicted molar refractivity (Wildman–Crippen MR) is 70.6 cm³/mol. The van der Waals surface area contributed by atoms with E-state index in [0.29, 0.717) is 6.04 Å². The van der Waals surface area contributed by atoms with Gasteiger partial charge in [-0.25, -0.2) is 0 Å². The third kappa shape index (κ3) is 5.03. The first-order chi connectivity index (χ1) is 7.94. The highest BCUT2D eigenvalue weighted by Crippen LogP contribution is 2.15. The summed E-state index contributed by atoms with van der Waals surface area (Å²) in [4.78, 5) is 4.82. The Balaban J connectivity index is 2.21. The smallest absolute Gasteiger partial charge is 0.101 e. The van der Waals surface area contributed by atoms with Gasteiger partial charge in [-0.2, -0.15) is 5.26 Å². The topological polar surface area (TPSA) is 56.3 Å². The molecule has 1 aliphatic heterocycles. The van der Waals surface area contributed by atoms with Gasteiger partial charge in [0.25, 0.3) is 0 Å². The molecular weight excluding hydrogens is 212 g/mol. The standard InChI is InChI=1S/C13H26N4/c1-13(15,11-14)7-4-8-17(3)12-5-9-16(2)10-6-12/h12H,4-10,15H2,1-3H3. The van der Waals surface area contributed by atoms with Gasteiger partial charge in [0.05, 0.1) is 6.07 Å². The molecule has 1 rings (SSSR count). The van der Waals surface area contributed by atoms with Crippen molar-refractivity contribution in [2.75, 3.05) is 33.7 Å². The van der Waals surface area contributed by atoms with Crippen molar-refractivity contribution in [1.82, 2.24) is 9.80 Å². The summed E-state index contributed by atoms with van der Waals surface area (Å²) in [6.45, 7) is 5.25. The quantitative estimate of drug-likeness (QED) is 0.777. The van der Waals surface area contributed by atoms with Gasteiger partial charge in [0.2, 0.25) is 0 Å². The van der Waals surface area contributed by atoms with Crippen molar-refractivity contribution in [1.29, 1.82) is 5.26 Å². The van der Waals surface area contributed by atoms with Crippen LogP contribution in [0.4, 0.5) is 0 Å². The minimum absolute atomic E-state index is 0.659. The summed E-state index contributed by atoms with van der Waals surface area (Å²) in [5, 5.41) is 8.84. The number of nitrogens with two attached hydrogens (primary N) is 1. The molecule has 0 aromatic heterocycles. The van der Waals surface area contributed by atoms with Crippen molar-refractivity contribution in [2.45, 2.75) is 44.2 Å². The lowest BCUT2D eigenvalue weighted by Crippen LogP contribution is -2.42. The average Bonchev–Trinajstić information content (AvgIpc) is 2.29. The summed E-state index contributed by atoms with van der Waals surface area (Å²) in [6.07, 6.45) is 4.29. The van der Waals surface area contributed by atoms with Crippen LogP contribution < -0.4 is 5.73 Å². The van der Waals surface area contributed by atoms with Gasteiger partial charge in [0.1, 0.15) is 5.54 Å². The molecule has 4 heteroatoms. The molecule has 1 atom stereocenters. The highest BCUT2D eigenvalue weighted by atomic mass is 15.2. The molecule has 0 amide bonds. The molecule has 2 N–H and O–H groups in total. The fraction of sp³-hybridized carbons (Fsp3) is 0.923. The van der Waals surface area contributed by atoms with Crippen LogP contribution in [0.25, 0.3) is 0 Å². The van der Waals surface area contributed by atoms with Crippen LogP contribution in [0.15, 0.2) is 0 Å². The van der Waals surface area contributed by atoms with Crippen LogP contribution >= 0.6 is 0 Å². The molecule has 0 spiro atoms. The molecule has 1 fully saturated rings. The molecule has 0 saturated carbocycles. The summed E-state index contributed by atoms with van der Waals surface area (Å²) in [6, 6.07) is 2.86. The number of likely N-dealkylation sites (tertiary alicyclic amines) is 1. The zero-order valence-corrected chi connectivity index (χ0v) is 11.4. The van der Waals surface area contributed by atoms with E-state index in [1.54, 1.807) is 0 Å². The Labute approximate surface area is 105 Å². The van der Waals surface area contributed by atoms with Gasteiger partial charge in [-0.3, -0.25) is 0 Å². The van der Waals surface area contributed by atoms with Gasteiger partial charge >= 0.3 is 0 Å². The summed E-state index contributed by atoms with van der Waals surface area (Å²) in [5.74, 6) is 0. The van der Waals surface area contributed by atoms with E-state index in [4.69, 9.17) is 11.0 Å². The molecule has 0 aliphatic carbocycles. The van der Waals surface area contributed by atoms with Crippen molar-refractivity contribution in [2.24, 2.45) is 5.73 Å². The number of nitriles is 1. The summed E-state index contributed by atoms with van der Waals surface area (Å²) in [5.41, 5.74) is 5.15. The molecule has 17 heavy (non-hydrogen) atoms. The third-order valence-electron chi connectivity index (χ3n) is 3.77. The van der Waals surface area contributed by atoms with Gasteiger partial charge < -0.3 is 15.5 Å². The Bertz CT molecular complexity index is 261. The van der Waals surface area contributed by atoms with Crippen molar-refractivity contribution >= 4 is 0 Å². The first kappa shape index (κ1) is 14.4. The van der Waals surface area contributed by atoms with Crippen LogP contribution in [0.2, 0.25) is 0 Å². The highest BCUT2D eigenvalue weighted by molar-refractivity contribution is 5.00. The molecule has 1 unspecified atom stereocenters. The van der Waals surface area contributed by atoms with Gasteiger partial charge in [-0.1, -0.05) is 0 Å². The van der Waals surface area contributed by atoms with Gasteiger partial charge in [0, 0.05) is 6.04 Å². The maximum absolute atomic E-state index is 8.84. The Morgan fingerprint density at radius 2 is 2.06 bits per heavy atom. The van der Waals surface area contributed by atoms with Crippen LogP contribution in [-0.4, -0.2) is 55.1 Å². The van der Waals surface area contributed by atoms with Gasteiger partial charge in [-0.15, -0.1) is 0 Å². The van der Waals surface area contributed by atoms with Crippen molar-refractivity contribution in [3.63, 3.8) is 0 Å². The fourth-order valence-electron chi connectivity index (χ4n) is 2.37. The monoisotopic (exact) mass is 238 g/mol. The lowest BCUT2D eigenvalue weighted by Gasteiger charge is -2.35. The largest absolute Gasteiger partial charge is 0.314 e. The van der Waals surface area contributed by atoms with Gasteiger partial charge in [-0.05, 0) is 66.3 Å². The van der Waals surface area contributed by atoms with Crippen LogP contribution in [0.5, 0.6) is 0 Å². The molecule has 1 aliphatic rings. The zero-order chi connectivity index (χ0) is 12.9. The van der Waals surface area contributed by atoms with E-state index in [-0.39, 0.29) is 0 Å². The second kappa shape index (κ2) is 6.34. The van der Waals surface area contributed by atoms with Crippen LogP contribution in [-0.2, 0) is 0 Å². The Morgan fingerprint density at radius 1 is 1.47 bits per heavy atom. The van der Waals surface area contributed by atoms with E-state index in [9.17, 15) is 0 Å². The van der Waals surface area contributed by atoms with E-state index in [2.05, 4.69) is 30.0 Å². The molecule has 98 valence electrons. The minimum atomic E-state index is -0.659. The minimum Gasteiger partial charge on any atom is -0.314 e. The molecule has 0 bridgehead atoms. The first-order valence-corrected chi connectivity index (χ1v) is 6.53. The molecule has 0 aromatic rings. The van der Waals surface area contributed by atoms with E-state index in [0.717, 1.165) is 19.4 Å². The summed E-state index contributed by atoms with van der Waals surface area (Å²) < 4.78 is 0. The zero-order valence-electron chi connectivity index (χ0n) is 11.4. The summed E-state index contributed by atoms with van der Waals surface area (Å²) >= 11 is 0. The van der Waals surface area contributed by atoms with Crippen molar-refractivity contribution in [3.8, 4) is 6.07 Å². The maximum atomic E-state index is 8.84. The maximum Gasteiger partial charge on any atom is 0.101 e. The van der Waals surface area contributed by atoms with E-state index in [1.807, 2.05) is 6.92 Å². The second-order valence-electron chi connectivity index (χ2n) is 5.65. The molecule has 0 aromatic carbocycles. The van der Waals surface area contributed by atoms with Crippen molar-refractivity contribution in [3.05, 3.63) is 0 Å². The predicted octanol–water partition coefficient (Wildman–Crippen LogP) is 1.03. The lowest BCUT2D eigenvalue weighted by molar-refractivity contribution is 0.141. The number of hydrogen-bond acceptors (Lipinski definition) is 4. The van der Waals surface area contributed by atoms with E-state index < -0.39 is 5.54 Å². The highest BCUT2D eigenvalue weighted by Gasteiger charge is 2.21. The number of piperidine rings is 1.